The monoisotopic (exact) mass is 298 g/mol. The zero-order valence-corrected chi connectivity index (χ0v) is 11.7. The Labute approximate surface area is 126 Å². The van der Waals surface area contributed by atoms with Gasteiger partial charge in [-0.05, 0) is 24.3 Å². The lowest BCUT2D eigenvalue weighted by Crippen LogP contribution is -2.28. The summed E-state index contributed by atoms with van der Waals surface area (Å²) in [5.74, 6) is 1.06. The van der Waals surface area contributed by atoms with E-state index in [0.29, 0.717) is 18.1 Å². The van der Waals surface area contributed by atoms with Gasteiger partial charge >= 0.3 is 0 Å². The van der Waals surface area contributed by atoms with E-state index < -0.39 is 0 Å². The second-order valence-electron chi connectivity index (χ2n) is 4.48. The van der Waals surface area contributed by atoms with E-state index in [0.717, 1.165) is 5.69 Å². The van der Waals surface area contributed by atoms with Crippen LogP contribution in [0.3, 0.4) is 0 Å². The van der Waals surface area contributed by atoms with Gasteiger partial charge < -0.3 is 14.5 Å². The summed E-state index contributed by atoms with van der Waals surface area (Å²) in [7, 11) is 0. The minimum Gasteiger partial charge on any atom is -0.484 e. The van der Waals surface area contributed by atoms with Gasteiger partial charge in [-0.15, -0.1) is 0 Å². The number of hydrogen-bond donors (Lipinski definition) is 1. The third-order valence-electron chi connectivity index (χ3n) is 2.91. The number of carbonyl (C=O) groups excluding carboxylic acids is 1. The van der Waals surface area contributed by atoms with Crippen LogP contribution >= 0.6 is 0 Å². The molecule has 0 saturated heterocycles. The van der Waals surface area contributed by atoms with Crippen molar-refractivity contribution in [3.05, 3.63) is 61.1 Å². The molecule has 3 aromatic rings. The molecule has 0 unspecified atom stereocenters. The molecule has 0 aliphatic carbocycles. The molecule has 0 saturated carbocycles. The molecule has 3 rings (SSSR count). The summed E-state index contributed by atoms with van der Waals surface area (Å²) < 4.78 is 12.2. The van der Waals surface area contributed by atoms with Crippen molar-refractivity contribution in [2.45, 2.75) is 6.54 Å². The number of hydrogen-bond acceptors (Lipinski definition) is 5. The lowest BCUT2D eigenvalue weighted by molar-refractivity contribution is -0.123. The second kappa shape index (κ2) is 6.57. The van der Waals surface area contributed by atoms with E-state index in [-0.39, 0.29) is 12.5 Å². The fraction of sp³-hybridized carbons (Fsp3) is 0.133. The highest BCUT2D eigenvalue weighted by molar-refractivity contribution is 5.77. The molecule has 1 N–H and O–H groups in total. The molecule has 0 atom stereocenters. The van der Waals surface area contributed by atoms with Gasteiger partial charge in [0, 0.05) is 6.07 Å². The number of nitrogens with one attached hydrogen (secondary N) is 1. The Balaban J connectivity index is 1.53. The zero-order chi connectivity index (χ0) is 15.2. The Morgan fingerprint density at radius 1 is 1.32 bits per heavy atom. The first kappa shape index (κ1) is 13.9. The Hall–Kier alpha value is -3.09. The van der Waals surface area contributed by atoms with Gasteiger partial charge in [-0.2, -0.15) is 5.10 Å². The van der Waals surface area contributed by atoms with Gasteiger partial charge in [-0.25, -0.2) is 9.67 Å². The molecule has 2 aromatic heterocycles. The van der Waals surface area contributed by atoms with Crippen molar-refractivity contribution >= 4 is 5.91 Å². The molecule has 0 bridgehead atoms. The number of carbonyl (C=O) groups is 1. The average Bonchev–Trinajstić information content (AvgIpc) is 3.24. The molecule has 0 aliphatic heterocycles. The number of nitrogens with zero attached hydrogens (tertiary/aromatic N) is 3. The van der Waals surface area contributed by atoms with E-state index in [1.165, 1.54) is 6.33 Å². The quantitative estimate of drug-likeness (QED) is 0.746. The topological polar surface area (TPSA) is 82.2 Å². The van der Waals surface area contributed by atoms with E-state index in [1.54, 1.807) is 41.5 Å². The largest absolute Gasteiger partial charge is 0.484 e. The Morgan fingerprint density at radius 2 is 2.27 bits per heavy atom. The SMILES string of the molecule is O=C(COc1cccc(-n2cncn2)c1)NCc1ccco1. The van der Waals surface area contributed by atoms with Gasteiger partial charge in [0.2, 0.25) is 0 Å². The molecule has 22 heavy (non-hydrogen) atoms. The number of furan rings is 1. The zero-order valence-electron chi connectivity index (χ0n) is 11.7. The maximum Gasteiger partial charge on any atom is 0.258 e. The van der Waals surface area contributed by atoms with Crippen molar-refractivity contribution in [1.82, 2.24) is 20.1 Å². The summed E-state index contributed by atoms with van der Waals surface area (Å²) in [5, 5.41) is 6.75. The van der Waals surface area contributed by atoms with Crippen molar-refractivity contribution in [2.24, 2.45) is 0 Å². The Bertz CT molecular complexity index is 723. The molecule has 0 fully saturated rings. The van der Waals surface area contributed by atoms with E-state index in [2.05, 4.69) is 15.4 Å². The van der Waals surface area contributed by atoms with Gasteiger partial charge in [0.1, 0.15) is 24.2 Å². The molecule has 0 radical (unpaired) electrons. The first-order valence-corrected chi connectivity index (χ1v) is 6.68. The number of ether oxygens (including phenoxy) is 1. The standard InChI is InChI=1S/C15H14N4O3/c20-15(17-8-14-5-2-6-21-14)9-22-13-4-1-3-12(7-13)19-11-16-10-18-19/h1-7,10-11H,8-9H2,(H,17,20). The summed E-state index contributed by atoms with van der Waals surface area (Å²) in [5.41, 5.74) is 0.811. The number of rotatable bonds is 6. The van der Waals surface area contributed by atoms with Crippen LogP contribution in [0.2, 0.25) is 0 Å². The summed E-state index contributed by atoms with van der Waals surface area (Å²) in [6, 6.07) is 10.8. The average molecular weight is 298 g/mol. The van der Waals surface area contributed by atoms with Gasteiger partial charge in [0.15, 0.2) is 6.61 Å². The molecule has 2 heterocycles. The predicted molar refractivity (Wildman–Crippen MR) is 77.4 cm³/mol. The number of aromatic nitrogens is 3. The van der Waals surface area contributed by atoms with Crippen LogP contribution in [0.5, 0.6) is 5.75 Å². The molecule has 0 spiro atoms. The first-order chi connectivity index (χ1) is 10.8. The highest BCUT2D eigenvalue weighted by Gasteiger charge is 2.05. The van der Waals surface area contributed by atoms with Gasteiger partial charge in [0.05, 0.1) is 18.5 Å². The molecule has 1 aromatic carbocycles. The van der Waals surface area contributed by atoms with Crippen LogP contribution in [0, 0.1) is 0 Å². The minimum absolute atomic E-state index is 0.0679. The Kier molecular flexibility index (Phi) is 4.15. The van der Waals surface area contributed by atoms with Crippen molar-refractivity contribution < 1.29 is 13.9 Å². The normalized spacial score (nSPS) is 10.4. The number of amides is 1. The molecule has 112 valence electrons. The Morgan fingerprint density at radius 3 is 3.05 bits per heavy atom. The van der Waals surface area contributed by atoms with Crippen molar-refractivity contribution in [3.8, 4) is 11.4 Å². The highest BCUT2D eigenvalue weighted by atomic mass is 16.5. The van der Waals surface area contributed by atoms with E-state index in [1.807, 2.05) is 12.1 Å². The van der Waals surface area contributed by atoms with Crippen LogP contribution < -0.4 is 10.1 Å². The van der Waals surface area contributed by atoms with Crippen LogP contribution in [0.15, 0.2) is 59.7 Å². The second-order valence-corrected chi connectivity index (χ2v) is 4.48. The summed E-state index contributed by atoms with van der Waals surface area (Å²) in [6.45, 7) is 0.274. The molecular formula is C15H14N4O3. The van der Waals surface area contributed by atoms with E-state index in [9.17, 15) is 4.79 Å². The molecule has 7 heteroatoms. The number of benzene rings is 1. The highest BCUT2D eigenvalue weighted by Crippen LogP contribution is 2.15. The van der Waals surface area contributed by atoms with Crippen LogP contribution in [0.4, 0.5) is 0 Å². The summed E-state index contributed by atoms with van der Waals surface area (Å²) >= 11 is 0. The first-order valence-electron chi connectivity index (χ1n) is 6.68. The predicted octanol–water partition coefficient (Wildman–Crippen LogP) is 1.56. The molecular weight excluding hydrogens is 284 g/mol. The van der Waals surface area contributed by atoms with Crippen molar-refractivity contribution in [2.75, 3.05) is 6.61 Å². The van der Waals surface area contributed by atoms with Crippen LogP contribution in [-0.2, 0) is 11.3 Å². The summed E-state index contributed by atoms with van der Waals surface area (Å²) in [4.78, 5) is 15.6. The van der Waals surface area contributed by atoms with Gasteiger partial charge in [-0.3, -0.25) is 4.79 Å². The maximum absolute atomic E-state index is 11.7. The smallest absolute Gasteiger partial charge is 0.258 e. The molecule has 7 nitrogen and oxygen atoms in total. The fourth-order valence-electron chi connectivity index (χ4n) is 1.86. The molecule has 1 amide bonds. The maximum atomic E-state index is 11.7. The van der Waals surface area contributed by atoms with Crippen LogP contribution in [-0.4, -0.2) is 27.3 Å². The third-order valence-corrected chi connectivity index (χ3v) is 2.91. The lowest BCUT2D eigenvalue weighted by atomic mass is 10.3. The van der Waals surface area contributed by atoms with Gasteiger partial charge in [-0.1, -0.05) is 6.07 Å². The van der Waals surface area contributed by atoms with Crippen LogP contribution in [0.1, 0.15) is 5.76 Å². The van der Waals surface area contributed by atoms with Gasteiger partial charge in [0.25, 0.3) is 5.91 Å². The van der Waals surface area contributed by atoms with Crippen molar-refractivity contribution in [1.29, 1.82) is 0 Å². The van der Waals surface area contributed by atoms with Crippen LogP contribution in [0.25, 0.3) is 5.69 Å². The molecule has 0 aliphatic rings. The van der Waals surface area contributed by atoms with E-state index >= 15 is 0 Å². The van der Waals surface area contributed by atoms with Crippen molar-refractivity contribution in [3.63, 3.8) is 0 Å². The minimum atomic E-state index is -0.220. The van der Waals surface area contributed by atoms with E-state index in [4.69, 9.17) is 9.15 Å². The summed E-state index contributed by atoms with van der Waals surface area (Å²) in [6.07, 6.45) is 4.61. The lowest BCUT2D eigenvalue weighted by Gasteiger charge is -2.08. The fourth-order valence-corrected chi connectivity index (χ4v) is 1.86. The third kappa shape index (κ3) is 3.51.